The van der Waals surface area contributed by atoms with Gasteiger partial charge in [-0.25, -0.2) is 9.48 Å². The summed E-state index contributed by atoms with van der Waals surface area (Å²) in [6.45, 7) is 3.20. The van der Waals surface area contributed by atoms with Crippen LogP contribution in [0.5, 0.6) is 0 Å². The second kappa shape index (κ2) is 9.18. The highest BCUT2D eigenvalue weighted by atomic mass is 16.5. The lowest BCUT2D eigenvalue weighted by atomic mass is 10.0. The molecule has 1 saturated heterocycles. The van der Waals surface area contributed by atoms with Crippen LogP contribution in [0.15, 0.2) is 48.7 Å². The number of likely N-dealkylation sites (tertiary alicyclic amines) is 1. The van der Waals surface area contributed by atoms with Crippen molar-refractivity contribution in [1.29, 1.82) is 0 Å². The fourth-order valence-corrected chi connectivity index (χ4v) is 4.91. The Kier molecular flexibility index (Phi) is 5.96. The summed E-state index contributed by atoms with van der Waals surface area (Å²) in [5.41, 5.74) is 4.33. The van der Waals surface area contributed by atoms with Gasteiger partial charge in [-0.2, -0.15) is 5.10 Å². The molecule has 8 nitrogen and oxygen atoms in total. The molecule has 3 aromatic rings. The van der Waals surface area contributed by atoms with Gasteiger partial charge in [0.05, 0.1) is 24.0 Å². The lowest BCUT2D eigenvalue weighted by Crippen LogP contribution is -2.42. The smallest absolute Gasteiger partial charge is 0.320 e. The molecule has 8 heteroatoms. The highest BCUT2D eigenvalue weighted by Gasteiger charge is 2.35. The first-order valence-electron chi connectivity index (χ1n) is 11.3. The van der Waals surface area contributed by atoms with Crippen molar-refractivity contribution in [3.8, 4) is 5.69 Å². The van der Waals surface area contributed by atoms with Gasteiger partial charge in [-0.15, -0.1) is 0 Å². The summed E-state index contributed by atoms with van der Waals surface area (Å²) >= 11 is 0. The number of H-pyrrole nitrogens is 1. The second-order valence-electron chi connectivity index (χ2n) is 8.56. The predicted molar refractivity (Wildman–Crippen MR) is 123 cm³/mol. The van der Waals surface area contributed by atoms with E-state index in [-0.39, 0.29) is 18.0 Å². The van der Waals surface area contributed by atoms with Crippen molar-refractivity contribution in [1.82, 2.24) is 25.0 Å². The molecule has 0 spiro atoms. The van der Waals surface area contributed by atoms with E-state index >= 15 is 0 Å². The highest BCUT2D eigenvalue weighted by Crippen LogP contribution is 2.31. The van der Waals surface area contributed by atoms with Crippen LogP contribution in [-0.4, -0.2) is 65.1 Å². The summed E-state index contributed by atoms with van der Waals surface area (Å²) in [4.78, 5) is 18.8. The average molecular weight is 435 g/mol. The van der Waals surface area contributed by atoms with E-state index in [9.17, 15) is 4.79 Å². The van der Waals surface area contributed by atoms with Crippen LogP contribution in [0.4, 0.5) is 10.6 Å². The van der Waals surface area contributed by atoms with E-state index in [1.54, 1.807) is 7.11 Å². The minimum Gasteiger partial charge on any atom is -0.383 e. The summed E-state index contributed by atoms with van der Waals surface area (Å²) in [5.74, 6) is 0.990. The normalized spacial score (nSPS) is 20.4. The number of methoxy groups -OCH3 is 1. The SMILES string of the molecule is COCCN1C[C@@H](NC(=O)Nc2c3c(nn2-c2ccccc2)CCC3)[C@H](c2ccc[nH]2)C1. The molecule has 2 amide bonds. The lowest BCUT2D eigenvalue weighted by molar-refractivity contribution is 0.159. The van der Waals surface area contributed by atoms with E-state index in [1.807, 2.05) is 47.3 Å². The monoisotopic (exact) mass is 434 g/mol. The summed E-state index contributed by atoms with van der Waals surface area (Å²) in [6.07, 6.45) is 4.91. The molecule has 0 bridgehead atoms. The van der Waals surface area contributed by atoms with E-state index in [0.717, 1.165) is 67.4 Å². The van der Waals surface area contributed by atoms with Crippen LogP contribution in [0.2, 0.25) is 0 Å². The van der Waals surface area contributed by atoms with Crippen molar-refractivity contribution < 1.29 is 9.53 Å². The van der Waals surface area contributed by atoms with Crippen molar-refractivity contribution in [3.63, 3.8) is 0 Å². The van der Waals surface area contributed by atoms with Crippen LogP contribution in [0, 0.1) is 0 Å². The number of fused-ring (bicyclic) bond motifs is 1. The van der Waals surface area contributed by atoms with Gasteiger partial charge in [0, 0.05) is 50.1 Å². The van der Waals surface area contributed by atoms with E-state index in [2.05, 4.69) is 26.6 Å². The van der Waals surface area contributed by atoms with E-state index in [4.69, 9.17) is 9.84 Å². The molecule has 1 fully saturated rings. The maximum atomic E-state index is 13.2. The third-order valence-electron chi connectivity index (χ3n) is 6.48. The Morgan fingerprint density at radius 3 is 2.84 bits per heavy atom. The molecule has 0 saturated carbocycles. The van der Waals surface area contributed by atoms with Gasteiger partial charge in [0.1, 0.15) is 5.82 Å². The molecular formula is C24H30N6O2. The molecule has 5 rings (SSSR count). The second-order valence-corrected chi connectivity index (χ2v) is 8.56. The molecule has 168 valence electrons. The molecule has 0 unspecified atom stereocenters. The number of hydrogen-bond donors (Lipinski definition) is 3. The Labute approximate surface area is 187 Å². The molecular weight excluding hydrogens is 404 g/mol. The Bertz CT molecular complexity index is 1050. The summed E-state index contributed by atoms with van der Waals surface area (Å²) in [5, 5.41) is 11.2. The number of anilines is 1. The van der Waals surface area contributed by atoms with Crippen LogP contribution < -0.4 is 10.6 Å². The number of rotatable bonds is 7. The molecule has 2 atom stereocenters. The fraction of sp³-hybridized carbons (Fsp3) is 0.417. The maximum Gasteiger partial charge on any atom is 0.320 e. The summed E-state index contributed by atoms with van der Waals surface area (Å²) < 4.78 is 7.12. The molecule has 1 aliphatic carbocycles. The number of nitrogens with one attached hydrogen (secondary N) is 3. The highest BCUT2D eigenvalue weighted by molar-refractivity contribution is 5.90. The molecule has 3 heterocycles. The molecule has 32 heavy (non-hydrogen) atoms. The predicted octanol–water partition coefficient (Wildman–Crippen LogP) is 2.93. The number of urea groups is 1. The van der Waals surface area contributed by atoms with Gasteiger partial charge in [-0.1, -0.05) is 18.2 Å². The number of para-hydroxylation sites is 1. The summed E-state index contributed by atoms with van der Waals surface area (Å²) in [7, 11) is 1.72. The molecule has 1 aliphatic heterocycles. The first-order valence-corrected chi connectivity index (χ1v) is 11.3. The van der Waals surface area contributed by atoms with Crippen LogP contribution >= 0.6 is 0 Å². The number of nitrogens with zero attached hydrogens (tertiary/aromatic N) is 3. The van der Waals surface area contributed by atoms with Crippen molar-refractivity contribution in [2.24, 2.45) is 0 Å². The van der Waals surface area contributed by atoms with Crippen LogP contribution in [0.1, 0.15) is 29.3 Å². The van der Waals surface area contributed by atoms with E-state index < -0.39 is 0 Å². The van der Waals surface area contributed by atoms with Crippen molar-refractivity contribution >= 4 is 11.8 Å². The number of aromatic amines is 1. The Morgan fingerprint density at radius 2 is 2.06 bits per heavy atom. The molecule has 1 aromatic carbocycles. The zero-order valence-corrected chi connectivity index (χ0v) is 18.4. The minimum absolute atomic E-state index is 0.00616. The Hall–Kier alpha value is -3.10. The standard InChI is InChI=1S/C24H30N6O2/c1-32-14-13-29-15-19(20-11-6-12-25-20)22(16-29)26-24(31)27-23-18-9-5-10-21(18)28-30(23)17-7-3-2-4-8-17/h2-4,6-8,11-12,19,22,25H,5,9-10,13-16H2,1H3,(H2,26,27,31)/t19-,22+/m0/s1. The topological polar surface area (TPSA) is 87.2 Å². The Balaban J connectivity index is 1.34. The van der Waals surface area contributed by atoms with Gasteiger partial charge in [0.25, 0.3) is 0 Å². The molecule has 3 N–H and O–H groups in total. The molecule has 2 aromatic heterocycles. The third-order valence-corrected chi connectivity index (χ3v) is 6.48. The third kappa shape index (κ3) is 4.16. The van der Waals surface area contributed by atoms with E-state index in [1.165, 1.54) is 0 Å². The van der Waals surface area contributed by atoms with Gasteiger partial charge in [0.2, 0.25) is 0 Å². The van der Waals surface area contributed by atoms with Crippen molar-refractivity contribution in [3.05, 3.63) is 65.6 Å². The number of carbonyl (C=O) groups excluding carboxylic acids is 1. The van der Waals surface area contributed by atoms with Crippen molar-refractivity contribution in [2.45, 2.75) is 31.2 Å². The lowest BCUT2D eigenvalue weighted by Gasteiger charge is -2.20. The number of aromatic nitrogens is 3. The van der Waals surface area contributed by atoms with Crippen molar-refractivity contribution in [2.75, 3.05) is 38.7 Å². The number of carbonyl (C=O) groups is 1. The number of hydrogen-bond acceptors (Lipinski definition) is 4. The van der Waals surface area contributed by atoms with Crippen LogP contribution in [0.3, 0.4) is 0 Å². The fourth-order valence-electron chi connectivity index (χ4n) is 4.91. The maximum absolute atomic E-state index is 13.2. The van der Waals surface area contributed by atoms with E-state index in [0.29, 0.717) is 6.61 Å². The molecule has 2 aliphatic rings. The zero-order valence-electron chi connectivity index (χ0n) is 18.4. The Morgan fingerprint density at radius 1 is 1.19 bits per heavy atom. The molecule has 0 radical (unpaired) electrons. The first kappa shape index (κ1) is 20.8. The largest absolute Gasteiger partial charge is 0.383 e. The van der Waals surface area contributed by atoms with Crippen LogP contribution in [-0.2, 0) is 17.6 Å². The number of amides is 2. The number of benzene rings is 1. The average Bonchev–Trinajstić information content (AvgIpc) is 3.59. The minimum atomic E-state index is -0.188. The number of ether oxygens (including phenoxy) is 1. The zero-order chi connectivity index (χ0) is 21.9. The van der Waals surface area contributed by atoms with Gasteiger partial charge < -0.3 is 15.0 Å². The quantitative estimate of drug-likeness (QED) is 0.534. The van der Waals surface area contributed by atoms with Gasteiger partial charge in [0.15, 0.2) is 0 Å². The summed E-state index contributed by atoms with van der Waals surface area (Å²) in [6, 6.07) is 13.9. The van der Waals surface area contributed by atoms with Gasteiger partial charge in [-0.05, 0) is 43.5 Å². The van der Waals surface area contributed by atoms with Crippen LogP contribution in [0.25, 0.3) is 5.69 Å². The number of aryl methyl sites for hydroxylation is 1. The first-order chi connectivity index (χ1) is 15.7. The van der Waals surface area contributed by atoms with Gasteiger partial charge in [-0.3, -0.25) is 10.2 Å². The van der Waals surface area contributed by atoms with Gasteiger partial charge >= 0.3 is 6.03 Å².